The topological polar surface area (TPSA) is 99.1 Å². The van der Waals surface area contributed by atoms with Gasteiger partial charge in [-0.3, -0.25) is 19.8 Å². The predicted molar refractivity (Wildman–Crippen MR) is 87.0 cm³/mol. The van der Waals surface area contributed by atoms with Crippen molar-refractivity contribution in [1.29, 1.82) is 0 Å². The molecule has 1 fully saturated rings. The first-order valence-electron chi connectivity index (χ1n) is 6.48. The van der Waals surface area contributed by atoms with E-state index in [0.717, 1.165) is 0 Å². The quantitative estimate of drug-likeness (QED) is 0.249. The van der Waals surface area contributed by atoms with Crippen molar-refractivity contribution in [3.63, 3.8) is 0 Å². The first-order chi connectivity index (χ1) is 10.9. The van der Waals surface area contributed by atoms with E-state index in [9.17, 15) is 19.8 Å². The molecule has 3 N–H and O–H groups in total. The second-order valence-corrected chi connectivity index (χ2v) is 5.00. The molecular formula is C15H14N2O5S. The summed E-state index contributed by atoms with van der Waals surface area (Å²) in [5.41, 5.74) is 0.148. The van der Waals surface area contributed by atoms with E-state index in [-0.39, 0.29) is 23.0 Å². The second-order valence-electron chi connectivity index (χ2n) is 4.61. The largest absolute Gasteiger partial charge is 0.504 e. The number of carbonyl (C=O) groups excluding carboxylic acids is 2. The molecule has 8 heteroatoms. The minimum Gasteiger partial charge on any atom is -0.504 e. The zero-order chi connectivity index (χ0) is 17.1. The van der Waals surface area contributed by atoms with Gasteiger partial charge in [-0.1, -0.05) is 6.08 Å². The van der Waals surface area contributed by atoms with Gasteiger partial charge in [0.2, 0.25) is 5.75 Å². The maximum absolute atomic E-state index is 12.4. The first-order valence-corrected chi connectivity index (χ1v) is 6.89. The maximum Gasteiger partial charge on any atom is 0.265 e. The van der Waals surface area contributed by atoms with Crippen LogP contribution in [0.2, 0.25) is 0 Å². The van der Waals surface area contributed by atoms with Crippen LogP contribution >= 0.6 is 12.2 Å². The zero-order valence-electron chi connectivity index (χ0n) is 12.2. The van der Waals surface area contributed by atoms with Crippen LogP contribution in [-0.4, -0.2) is 45.7 Å². The lowest BCUT2D eigenvalue weighted by Gasteiger charge is -2.27. The molecule has 1 aromatic rings. The summed E-state index contributed by atoms with van der Waals surface area (Å²) in [6, 6.07) is 2.59. The molecule has 2 rings (SSSR count). The Morgan fingerprint density at radius 1 is 1.39 bits per heavy atom. The second kappa shape index (κ2) is 6.49. The van der Waals surface area contributed by atoms with Gasteiger partial charge in [-0.15, -0.1) is 6.58 Å². The highest BCUT2D eigenvalue weighted by Crippen LogP contribution is 2.37. The summed E-state index contributed by atoms with van der Waals surface area (Å²) in [6.07, 6.45) is 2.76. The fourth-order valence-corrected chi connectivity index (χ4v) is 2.26. The van der Waals surface area contributed by atoms with E-state index in [1.54, 1.807) is 0 Å². The van der Waals surface area contributed by atoms with Crippen LogP contribution in [0.5, 0.6) is 17.2 Å². The van der Waals surface area contributed by atoms with Crippen LogP contribution in [0.1, 0.15) is 5.56 Å². The van der Waals surface area contributed by atoms with Crippen LogP contribution in [0.4, 0.5) is 0 Å². The van der Waals surface area contributed by atoms with Crippen molar-refractivity contribution in [2.45, 2.75) is 0 Å². The van der Waals surface area contributed by atoms with Gasteiger partial charge in [0, 0.05) is 6.54 Å². The molecule has 0 radical (unpaired) electrons. The Kier molecular flexibility index (Phi) is 4.65. The third kappa shape index (κ3) is 3.16. The summed E-state index contributed by atoms with van der Waals surface area (Å²) in [7, 11) is 1.31. The van der Waals surface area contributed by atoms with Crippen molar-refractivity contribution in [2.24, 2.45) is 0 Å². The van der Waals surface area contributed by atoms with Crippen LogP contribution in [0.25, 0.3) is 6.08 Å². The first kappa shape index (κ1) is 16.5. The lowest BCUT2D eigenvalue weighted by molar-refractivity contribution is -0.128. The molecule has 0 saturated carbocycles. The molecule has 1 aliphatic rings. The predicted octanol–water partition coefficient (Wildman–Crippen LogP) is 0.919. The summed E-state index contributed by atoms with van der Waals surface area (Å²) in [4.78, 5) is 25.5. The summed E-state index contributed by atoms with van der Waals surface area (Å²) in [5.74, 6) is -2.07. The number of aromatic hydroxyl groups is 2. The van der Waals surface area contributed by atoms with E-state index >= 15 is 0 Å². The number of benzene rings is 1. The zero-order valence-corrected chi connectivity index (χ0v) is 13.0. The summed E-state index contributed by atoms with van der Waals surface area (Å²) in [6.45, 7) is 3.68. The number of methoxy groups -OCH3 is 1. The van der Waals surface area contributed by atoms with Crippen molar-refractivity contribution in [3.05, 3.63) is 35.9 Å². The molecule has 120 valence electrons. The van der Waals surface area contributed by atoms with E-state index in [0.29, 0.717) is 5.56 Å². The third-order valence-corrected chi connectivity index (χ3v) is 3.43. The van der Waals surface area contributed by atoms with Crippen LogP contribution in [0.15, 0.2) is 30.4 Å². The Balaban J connectivity index is 2.46. The number of ether oxygens (including phenoxy) is 1. The lowest BCUT2D eigenvalue weighted by atomic mass is 10.1. The molecule has 0 spiro atoms. The van der Waals surface area contributed by atoms with Gasteiger partial charge in [0.15, 0.2) is 16.6 Å². The Bertz CT molecular complexity index is 742. The molecule has 2 amide bonds. The standard InChI is InChI=1S/C15H14N2O5S/c1-3-4-17-14(21)9(13(20)16-15(17)23)5-8-6-10(18)12(19)11(7-8)22-2/h3,5-7,18-19H,1,4H2,2H3,(H,16,20,23)/b9-5+. The number of hydrogen-bond donors (Lipinski definition) is 3. The molecule has 1 aromatic carbocycles. The van der Waals surface area contributed by atoms with Crippen LogP contribution in [0, 0.1) is 0 Å². The average Bonchev–Trinajstić information content (AvgIpc) is 2.51. The van der Waals surface area contributed by atoms with Gasteiger partial charge in [-0.25, -0.2) is 0 Å². The normalized spacial score (nSPS) is 16.5. The van der Waals surface area contributed by atoms with Crippen molar-refractivity contribution >= 4 is 35.2 Å². The number of phenols is 2. The molecule has 1 heterocycles. The molecular weight excluding hydrogens is 320 g/mol. The SMILES string of the molecule is C=CCN1C(=O)/C(=C/c2cc(O)c(O)c(OC)c2)C(=O)NC1=S. The number of carbonyl (C=O) groups is 2. The van der Waals surface area contributed by atoms with Crippen LogP contribution in [-0.2, 0) is 9.59 Å². The highest BCUT2D eigenvalue weighted by molar-refractivity contribution is 7.80. The Labute approximate surface area is 137 Å². The number of nitrogens with zero attached hydrogens (tertiary/aromatic N) is 1. The summed E-state index contributed by atoms with van der Waals surface area (Å²) >= 11 is 4.95. The van der Waals surface area contributed by atoms with Gasteiger partial charge in [0.1, 0.15) is 5.57 Å². The van der Waals surface area contributed by atoms with E-state index < -0.39 is 23.3 Å². The average molecular weight is 334 g/mol. The molecule has 7 nitrogen and oxygen atoms in total. The Hall–Kier alpha value is -2.87. The van der Waals surface area contributed by atoms with Crippen LogP contribution < -0.4 is 10.1 Å². The molecule has 0 bridgehead atoms. The van der Waals surface area contributed by atoms with Crippen LogP contribution in [0.3, 0.4) is 0 Å². The van der Waals surface area contributed by atoms with E-state index in [4.69, 9.17) is 17.0 Å². The van der Waals surface area contributed by atoms with Crippen molar-refractivity contribution in [1.82, 2.24) is 10.2 Å². The van der Waals surface area contributed by atoms with Gasteiger partial charge in [-0.05, 0) is 36.0 Å². The Morgan fingerprint density at radius 3 is 2.70 bits per heavy atom. The molecule has 0 aromatic heterocycles. The van der Waals surface area contributed by atoms with Crippen molar-refractivity contribution in [3.8, 4) is 17.2 Å². The van der Waals surface area contributed by atoms with Crippen molar-refractivity contribution < 1.29 is 24.5 Å². The minimum atomic E-state index is -0.646. The fraction of sp³-hybridized carbons (Fsp3) is 0.133. The monoisotopic (exact) mass is 334 g/mol. The Morgan fingerprint density at radius 2 is 2.09 bits per heavy atom. The van der Waals surface area contributed by atoms with Gasteiger partial charge in [0.25, 0.3) is 11.8 Å². The summed E-state index contributed by atoms with van der Waals surface area (Å²) < 4.78 is 4.92. The molecule has 23 heavy (non-hydrogen) atoms. The van der Waals surface area contributed by atoms with E-state index in [1.165, 1.54) is 36.3 Å². The van der Waals surface area contributed by atoms with Crippen molar-refractivity contribution in [2.75, 3.05) is 13.7 Å². The van der Waals surface area contributed by atoms with Gasteiger partial charge in [-0.2, -0.15) is 0 Å². The number of thiocarbonyl (C=S) groups is 1. The van der Waals surface area contributed by atoms with Gasteiger partial charge >= 0.3 is 0 Å². The summed E-state index contributed by atoms with van der Waals surface area (Å²) in [5, 5.41) is 21.7. The number of hydrogen-bond acceptors (Lipinski definition) is 6. The minimum absolute atomic E-state index is 0.00295. The smallest absolute Gasteiger partial charge is 0.265 e. The van der Waals surface area contributed by atoms with E-state index in [2.05, 4.69) is 11.9 Å². The molecule has 0 unspecified atom stereocenters. The maximum atomic E-state index is 12.4. The highest BCUT2D eigenvalue weighted by atomic mass is 32.1. The number of rotatable bonds is 4. The van der Waals surface area contributed by atoms with Gasteiger partial charge in [0.05, 0.1) is 7.11 Å². The van der Waals surface area contributed by atoms with Gasteiger partial charge < -0.3 is 14.9 Å². The third-order valence-electron chi connectivity index (χ3n) is 3.11. The molecule has 0 aliphatic carbocycles. The highest BCUT2D eigenvalue weighted by Gasteiger charge is 2.32. The number of nitrogens with one attached hydrogen (secondary N) is 1. The fourth-order valence-electron chi connectivity index (χ4n) is 2.01. The molecule has 1 aliphatic heterocycles. The molecule has 1 saturated heterocycles. The lowest BCUT2D eigenvalue weighted by Crippen LogP contribution is -2.53. The van der Waals surface area contributed by atoms with E-state index in [1.807, 2.05) is 0 Å². The number of phenolic OH excluding ortho intramolecular Hbond substituents is 2. The molecule has 0 atom stereocenters. The number of amides is 2.